The van der Waals surface area contributed by atoms with E-state index in [2.05, 4.69) is 10.0 Å². The van der Waals surface area contributed by atoms with Crippen LogP contribution >= 0.6 is 11.6 Å². The summed E-state index contributed by atoms with van der Waals surface area (Å²) in [7, 11) is -3.33. The molecule has 0 aliphatic heterocycles. The van der Waals surface area contributed by atoms with Crippen LogP contribution in [-0.2, 0) is 26.8 Å². The lowest BCUT2D eigenvalue weighted by Crippen LogP contribution is -2.45. The average molecular weight is 421 g/mol. The van der Waals surface area contributed by atoms with E-state index in [1.165, 1.54) is 0 Å². The van der Waals surface area contributed by atoms with Crippen LogP contribution in [-0.4, -0.2) is 20.6 Å². The smallest absolute Gasteiger partial charge is 0.230 e. The molecule has 7 heteroatoms. The Labute approximate surface area is 171 Å². The van der Waals surface area contributed by atoms with Crippen molar-refractivity contribution in [1.29, 1.82) is 0 Å². The molecule has 0 aromatic heterocycles. The lowest BCUT2D eigenvalue weighted by molar-refractivity contribution is -0.128. The number of amides is 1. The third-order valence-corrected chi connectivity index (χ3v) is 6.07. The molecule has 5 nitrogen and oxygen atoms in total. The lowest BCUT2D eigenvalue weighted by Gasteiger charge is -2.36. The number of rotatable bonds is 6. The van der Waals surface area contributed by atoms with Crippen molar-refractivity contribution in [2.45, 2.75) is 44.1 Å². The third-order valence-electron chi connectivity index (χ3n) is 5.22. The van der Waals surface area contributed by atoms with Gasteiger partial charge in [-0.2, -0.15) is 0 Å². The molecule has 1 aliphatic rings. The van der Waals surface area contributed by atoms with E-state index in [4.69, 9.17) is 11.6 Å². The standard InChI is InChI=1S/C21H25ClN2O3S/c1-28(26,27)24-19-10-8-17(9-11-19)21(12-3-2-4-13-21)20(25)23-15-16-6-5-7-18(22)14-16/h5-11,14,24H,2-4,12-13,15H2,1H3,(H,23,25). The first-order valence-corrected chi connectivity index (χ1v) is 11.7. The number of hydrogen-bond donors (Lipinski definition) is 2. The van der Waals surface area contributed by atoms with Crippen LogP contribution in [0.2, 0.25) is 5.02 Å². The Morgan fingerprint density at radius 1 is 1.07 bits per heavy atom. The monoisotopic (exact) mass is 420 g/mol. The first-order chi connectivity index (χ1) is 13.3. The maximum atomic E-state index is 13.2. The van der Waals surface area contributed by atoms with Crippen LogP contribution in [0.25, 0.3) is 0 Å². The summed E-state index contributed by atoms with van der Waals surface area (Å²) in [4.78, 5) is 13.2. The summed E-state index contributed by atoms with van der Waals surface area (Å²) in [5, 5.41) is 3.73. The van der Waals surface area contributed by atoms with Crippen molar-refractivity contribution in [1.82, 2.24) is 5.32 Å². The minimum atomic E-state index is -3.33. The van der Waals surface area contributed by atoms with Crippen LogP contribution in [0.4, 0.5) is 5.69 Å². The van der Waals surface area contributed by atoms with Crippen molar-refractivity contribution < 1.29 is 13.2 Å². The van der Waals surface area contributed by atoms with Crippen molar-refractivity contribution in [3.05, 3.63) is 64.7 Å². The molecule has 2 aromatic carbocycles. The summed E-state index contributed by atoms with van der Waals surface area (Å²) in [5.41, 5.74) is 1.80. The molecule has 0 spiro atoms. The van der Waals surface area contributed by atoms with E-state index >= 15 is 0 Å². The molecular formula is C21H25ClN2O3S. The van der Waals surface area contributed by atoms with Gasteiger partial charge in [-0.1, -0.05) is 55.1 Å². The van der Waals surface area contributed by atoms with Gasteiger partial charge in [0.15, 0.2) is 0 Å². The molecule has 1 aliphatic carbocycles. The fourth-order valence-corrected chi connectivity index (χ4v) is 4.65. The highest BCUT2D eigenvalue weighted by atomic mass is 35.5. The van der Waals surface area contributed by atoms with Crippen molar-refractivity contribution in [2.75, 3.05) is 11.0 Å². The fraction of sp³-hybridized carbons (Fsp3) is 0.381. The van der Waals surface area contributed by atoms with E-state index < -0.39 is 15.4 Å². The molecule has 1 saturated carbocycles. The van der Waals surface area contributed by atoms with E-state index in [1.54, 1.807) is 12.1 Å². The molecule has 2 aromatic rings. The Balaban J connectivity index is 1.80. The highest BCUT2D eigenvalue weighted by Gasteiger charge is 2.40. The van der Waals surface area contributed by atoms with Crippen molar-refractivity contribution in [2.24, 2.45) is 0 Å². The average Bonchev–Trinajstić information content (AvgIpc) is 2.66. The maximum Gasteiger partial charge on any atom is 0.230 e. The highest BCUT2D eigenvalue weighted by molar-refractivity contribution is 7.92. The van der Waals surface area contributed by atoms with Gasteiger partial charge in [0.1, 0.15) is 0 Å². The van der Waals surface area contributed by atoms with Gasteiger partial charge in [-0.25, -0.2) is 8.42 Å². The van der Waals surface area contributed by atoms with Gasteiger partial charge in [0.2, 0.25) is 15.9 Å². The van der Waals surface area contributed by atoms with Crippen LogP contribution in [0.5, 0.6) is 0 Å². The molecular weight excluding hydrogens is 396 g/mol. The quantitative estimate of drug-likeness (QED) is 0.734. The summed E-state index contributed by atoms with van der Waals surface area (Å²) in [6.45, 7) is 0.425. The Hall–Kier alpha value is -2.05. The van der Waals surface area contributed by atoms with Crippen LogP contribution in [0.15, 0.2) is 48.5 Å². The number of carbonyl (C=O) groups excluding carboxylic acids is 1. The van der Waals surface area contributed by atoms with E-state index in [1.807, 2.05) is 36.4 Å². The second-order valence-electron chi connectivity index (χ2n) is 7.41. The fourth-order valence-electron chi connectivity index (χ4n) is 3.87. The van der Waals surface area contributed by atoms with Gasteiger partial charge in [-0.05, 0) is 48.2 Å². The SMILES string of the molecule is CS(=O)(=O)Nc1ccc(C2(C(=O)NCc3cccc(Cl)c3)CCCCC2)cc1. The summed E-state index contributed by atoms with van der Waals surface area (Å²) in [5.74, 6) is 0.0102. The molecule has 1 amide bonds. The number of anilines is 1. The lowest BCUT2D eigenvalue weighted by atomic mass is 9.68. The third kappa shape index (κ3) is 5.06. The van der Waals surface area contributed by atoms with Crippen molar-refractivity contribution >= 4 is 33.2 Å². The van der Waals surface area contributed by atoms with Crippen LogP contribution in [0.3, 0.4) is 0 Å². The van der Waals surface area contributed by atoms with Crippen LogP contribution < -0.4 is 10.0 Å². The predicted octanol–water partition coefficient (Wildman–Crippen LogP) is 4.23. The predicted molar refractivity (Wildman–Crippen MR) is 113 cm³/mol. The minimum absolute atomic E-state index is 0.0102. The second-order valence-corrected chi connectivity index (χ2v) is 9.59. The zero-order valence-corrected chi connectivity index (χ0v) is 17.4. The molecule has 0 bridgehead atoms. The van der Waals surface area contributed by atoms with E-state index in [-0.39, 0.29) is 5.91 Å². The molecule has 0 atom stereocenters. The largest absolute Gasteiger partial charge is 0.351 e. The van der Waals surface area contributed by atoms with Crippen molar-refractivity contribution in [3.8, 4) is 0 Å². The Morgan fingerprint density at radius 3 is 2.36 bits per heavy atom. The topological polar surface area (TPSA) is 75.3 Å². The van der Waals surface area contributed by atoms with Gasteiger partial charge < -0.3 is 5.32 Å². The normalized spacial score (nSPS) is 16.4. The summed E-state index contributed by atoms with van der Waals surface area (Å²) < 4.78 is 25.3. The van der Waals surface area contributed by atoms with Gasteiger partial charge in [0.05, 0.1) is 11.7 Å². The summed E-state index contributed by atoms with van der Waals surface area (Å²) in [6.07, 6.45) is 5.80. The van der Waals surface area contributed by atoms with Gasteiger partial charge >= 0.3 is 0 Å². The first kappa shape index (κ1) is 20.7. The Kier molecular flexibility index (Phi) is 6.30. The Bertz CT molecular complexity index is 936. The Morgan fingerprint density at radius 2 is 1.75 bits per heavy atom. The number of carbonyl (C=O) groups is 1. The molecule has 1 fully saturated rings. The second kappa shape index (κ2) is 8.53. The molecule has 0 unspecified atom stereocenters. The zero-order valence-electron chi connectivity index (χ0n) is 15.9. The number of nitrogens with one attached hydrogen (secondary N) is 2. The number of halogens is 1. The van der Waals surface area contributed by atoms with E-state index in [0.717, 1.165) is 49.5 Å². The molecule has 150 valence electrons. The van der Waals surface area contributed by atoms with Gasteiger partial charge in [-0.3, -0.25) is 9.52 Å². The summed E-state index contributed by atoms with van der Waals surface area (Å²) in [6, 6.07) is 14.6. The van der Waals surface area contributed by atoms with Gasteiger partial charge in [-0.15, -0.1) is 0 Å². The number of sulfonamides is 1. The van der Waals surface area contributed by atoms with E-state index in [0.29, 0.717) is 17.3 Å². The molecule has 0 saturated heterocycles. The minimum Gasteiger partial charge on any atom is -0.351 e. The van der Waals surface area contributed by atoms with Crippen molar-refractivity contribution in [3.63, 3.8) is 0 Å². The zero-order chi connectivity index (χ0) is 20.2. The van der Waals surface area contributed by atoms with E-state index in [9.17, 15) is 13.2 Å². The maximum absolute atomic E-state index is 13.2. The highest BCUT2D eigenvalue weighted by Crippen LogP contribution is 2.40. The van der Waals surface area contributed by atoms with Crippen LogP contribution in [0.1, 0.15) is 43.2 Å². The molecule has 2 N–H and O–H groups in total. The molecule has 3 rings (SSSR count). The number of hydrogen-bond acceptors (Lipinski definition) is 3. The van der Waals surface area contributed by atoms with Gasteiger partial charge in [0, 0.05) is 17.3 Å². The molecule has 28 heavy (non-hydrogen) atoms. The first-order valence-electron chi connectivity index (χ1n) is 9.40. The molecule has 0 heterocycles. The molecule has 0 radical (unpaired) electrons. The van der Waals surface area contributed by atoms with Gasteiger partial charge in [0.25, 0.3) is 0 Å². The number of benzene rings is 2. The summed E-state index contributed by atoms with van der Waals surface area (Å²) >= 11 is 6.03. The van der Waals surface area contributed by atoms with Crippen LogP contribution in [0, 0.1) is 0 Å².